The number of fused-ring (bicyclic) bond motifs is 3. The van der Waals surface area contributed by atoms with E-state index in [1.165, 1.54) is 49.7 Å². The van der Waals surface area contributed by atoms with Crippen LogP contribution < -0.4 is 9.64 Å². The summed E-state index contributed by atoms with van der Waals surface area (Å²) in [5.74, 6) is 3.64. The summed E-state index contributed by atoms with van der Waals surface area (Å²) in [6.45, 7) is 3.52. The van der Waals surface area contributed by atoms with Crippen molar-refractivity contribution in [3.63, 3.8) is 0 Å². The molecule has 0 spiro atoms. The Kier molecular flexibility index (Phi) is 7.10. The first-order valence-corrected chi connectivity index (χ1v) is 14.4. The molecule has 2 atom stereocenters. The van der Waals surface area contributed by atoms with Gasteiger partial charge < -0.3 is 24.4 Å². The third-order valence-corrected chi connectivity index (χ3v) is 9.48. The molecule has 1 aromatic heterocycles. The smallest absolute Gasteiger partial charge is 0.258 e. The molecule has 7 heteroatoms. The molecule has 2 fully saturated rings. The van der Waals surface area contributed by atoms with Crippen LogP contribution in [0.25, 0.3) is 22.8 Å². The van der Waals surface area contributed by atoms with Crippen molar-refractivity contribution in [1.82, 2.24) is 10.1 Å². The van der Waals surface area contributed by atoms with Crippen LogP contribution in [-0.2, 0) is 11.8 Å². The summed E-state index contributed by atoms with van der Waals surface area (Å²) >= 11 is 0. The highest BCUT2D eigenvalue weighted by atomic mass is 16.5. The normalized spacial score (nSPS) is 24.6. The second kappa shape index (κ2) is 10.7. The zero-order valence-electron chi connectivity index (χ0n) is 23.0. The summed E-state index contributed by atoms with van der Waals surface area (Å²) in [5.41, 5.74) is 6.18. The highest BCUT2D eigenvalue weighted by molar-refractivity contribution is 5.68. The molecule has 2 heterocycles. The van der Waals surface area contributed by atoms with Gasteiger partial charge in [-0.05, 0) is 85.3 Å². The summed E-state index contributed by atoms with van der Waals surface area (Å²) in [7, 11) is 1.77. The number of methoxy groups -OCH3 is 1. The van der Waals surface area contributed by atoms with Crippen LogP contribution in [0, 0.1) is 11.8 Å². The quantitative estimate of drug-likeness (QED) is 0.324. The van der Waals surface area contributed by atoms with Gasteiger partial charge in [0.2, 0.25) is 5.82 Å². The summed E-state index contributed by atoms with van der Waals surface area (Å²) in [6, 6.07) is 12.6. The number of aliphatic hydroxyl groups is 2. The highest BCUT2D eigenvalue weighted by Crippen LogP contribution is 2.53. The van der Waals surface area contributed by atoms with E-state index in [4.69, 9.17) is 14.2 Å². The van der Waals surface area contributed by atoms with Crippen molar-refractivity contribution in [3.8, 4) is 28.6 Å². The first-order chi connectivity index (χ1) is 19.1. The lowest BCUT2D eigenvalue weighted by Gasteiger charge is -2.48. The van der Waals surface area contributed by atoms with Gasteiger partial charge in [-0.3, -0.25) is 0 Å². The fraction of sp³-hybridized carbons (Fsp3) is 0.500. The summed E-state index contributed by atoms with van der Waals surface area (Å²) < 4.78 is 11.7. The minimum absolute atomic E-state index is 0.154. The molecule has 0 amide bonds. The van der Waals surface area contributed by atoms with Gasteiger partial charge in [0.05, 0.1) is 20.0 Å². The first-order valence-electron chi connectivity index (χ1n) is 14.4. The maximum Gasteiger partial charge on any atom is 0.258 e. The van der Waals surface area contributed by atoms with Crippen molar-refractivity contribution >= 4 is 5.69 Å². The maximum absolute atomic E-state index is 9.41. The molecule has 3 aromatic rings. The largest absolute Gasteiger partial charge is 0.515 e. The molecule has 6 rings (SSSR count). The number of nitrogens with zero attached hydrogens (tertiary/aromatic N) is 3. The number of benzene rings is 2. The molecule has 2 bridgehead atoms. The lowest BCUT2D eigenvalue weighted by atomic mass is 9.57. The number of ether oxygens (including phenoxy) is 1. The van der Waals surface area contributed by atoms with Crippen LogP contribution in [0.5, 0.6) is 5.75 Å². The minimum atomic E-state index is -0.154. The van der Waals surface area contributed by atoms with Crippen molar-refractivity contribution in [2.45, 2.75) is 63.7 Å². The van der Waals surface area contributed by atoms with Crippen molar-refractivity contribution in [2.24, 2.45) is 11.8 Å². The number of hydrogen-bond donors (Lipinski definition) is 2. The van der Waals surface area contributed by atoms with Gasteiger partial charge >= 0.3 is 0 Å². The molecule has 2 N–H and O–H groups in total. The minimum Gasteiger partial charge on any atom is -0.515 e. The van der Waals surface area contributed by atoms with Gasteiger partial charge in [0.1, 0.15) is 5.75 Å². The number of aliphatic hydroxyl groups excluding tert-OH is 2. The van der Waals surface area contributed by atoms with Crippen LogP contribution >= 0.6 is 0 Å². The Morgan fingerprint density at radius 1 is 1.15 bits per heavy atom. The standard InChI is InChI=1S/C32H39N3O4/c1-3-32(16-21-5-4-6-22(13-21)17-32)27-9-7-26(15-29(27)38-2)31-33-30(34-39-31)25-8-10-28-24(14-25)11-12-35(28)18-23(19-36)20-37/h7-10,14-15,19,21-22,36-37H,3-6,11-13,16-18,20H2,1-2H3/b23-19+. The lowest BCUT2D eigenvalue weighted by Crippen LogP contribution is -2.39. The zero-order chi connectivity index (χ0) is 27.0. The lowest BCUT2D eigenvalue weighted by molar-refractivity contribution is 0.105. The van der Waals surface area contributed by atoms with Crippen molar-refractivity contribution in [1.29, 1.82) is 0 Å². The summed E-state index contributed by atoms with van der Waals surface area (Å²) in [5, 5.41) is 23.0. The molecule has 1 aliphatic heterocycles. The number of aromatic nitrogens is 2. The Labute approximate surface area is 230 Å². The van der Waals surface area contributed by atoms with Gasteiger partial charge in [0.15, 0.2) is 0 Å². The van der Waals surface area contributed by atoms with Crippen molar-refractivity contribution in [2.75, 3.05) is 31.7 Å². The molecule has 0 radical (unpaired) electrons. The predicted molar refractivity (Wildman–Crippen MR) is 152 cm³/mol. The molecule has 2 aromatic carbocycles. The van der Waals surface area contributed by atoms with E-state index in [1.54, 1.807) is 7.11 Å². The Morgan fingerprint density at radius 3 is 2.67 bits per heavy atom. The summed E-state index contributed by atoms with van der Waals surface area (Å²) in [6.07, 6.45) is 11.1. The van der Waals surface area contributed by atoms with E-state index in [0.717, 1.165) is 60.0 Å². The Bertz CT molecular complexity index is 1350. The van der Waals surface area contributed by atoms with E-state index in [1.807, 2.05) is 6.07 Å². The van der Waals surface area contributed by atoms with Crippen molar-refractivity contribution < 1.29 is 19.5 Å². The molecular formula is C32H39N3O4. The van der Waals surface area contributed by atoms with E-state index >= 15 is 0 Å². The average molecular weight is 530 g/mol. The Hall–Kier alpha value is -3.32. The predicted octanol–water partition coefficient (Wildman–Crippen LogP) is 6.46. The van der Waals surface area contributed by atoms with Gasteiger partial charge in [0.25, 0.3) is 5.89 Å². The zero-order valence-corrected chi connectivity index (χ0v) is 23.0. The van der Waals surface area contributed by atoms with E-state index in [9.17, 15) is 10.2 Å². The monoisotopic (exact) mass is 529 g/mol. The number of anilines is 1. The first kappa shape index (κ1) is 25.9. The van der Waals surface area contributed by atoms with Gasteiger partial charge in [-0.2, -0.15) is 4.98 Å². The van der Waals surface area contributed by atoms with E-state index < -0.39 is 0 Å². The SMILES string of the molecule is CCC1(c2ccc(-c3nc(-c4ccc5c(c4)CCN5C/C(=C\O)CO)no3)cc2OC)CC2CCCC(C2)C1. The molecule has 39 heavy (non-hydrogen) atoms. The van der Waals surface area contributed by atoms with Gasteiger partial charge in [-0.1, -0.05) is 37.4 Å². The van der Waals surface area contributed by atoms with E-state index in [2.05, 4.69) is 47.3 Å². The fourth-order valence-corrected chi connectivity index (χ4v) is 7.53. The van der Waals surface area contributed by atoms with Crippen LogP contribution in [0.4, 0.5) is 5.69 Å². The van der Waals surface area contributed by atoms with Gasteiger partial charge in [-0.25, -0.2) is 0 Å². The Balaban J connectivity index is 1.25. The third-order valence-electron chi connectivity index (χ3n) is 9.48. The number of rotatable bonds is 8. The molecule has 3 aliphatic rings. The van der Waals surface area contributed by atoms with Gasteiger partial charge in [-0.15, -0.1) is 0 Å². The highest BCUT2D eigenvalue weighted by Gasteiger charge is 2.43. The summed E-state index contributed by atoms with van der Waals surface area (Å²) in [4.78, 5) is 6.91. The van der Waals surface area contributed by atoms with Crippen LogP contribution in [0.15, 0.2) is 52.8 Å². The molecule has 2 aliphatic carbocycles. The fourth-order valence-electron chi connectivity index (χ4n) is 7.53. The topological polar surface area (TPSA) is 91.9 Å². The van der Waals surface area contributed by atoms with E-state index in [0.29, 0.717) is 23.8 Å². The second-order valence-corrected chi connectivity index (χ2v) is 11.7. The maximum atomic E-state index is 9.41. The molecule has 2 saturated carbocycles. The molecule has 2 unspecified atom stereocenters. The van der Waals surface area contributed by atoms with Crippen molar-refractivity contribution in [3.05, 3.63) is 59.4 Å². The molecule has 0 saturated heterocycles. The van der Waals surface area contributed by atoms with Crippen LogP contribution in [0.2, 0.25) is 0 Å². The van der Waals surface area contributed by atoms with Gasteiger partial charge in [0, 0.05) is 41.0 Å². The third kappa shape index (κ3) is 4.82. The molecule has 206 valence electrons. The Morgan fingerprint density at radius 2 is 1.95 bits per heavy atom. The van der Waals surface area contributed by atoms with Crippen LogP contribution in [-0.4, -0.2) is 47.2 Å². The van der Waals surface area contributed by atoms with Crippen LogP contribution in [0.1, 0.15) is 63.0 Å². The average Bonchev–Trinajstić information content (AvgIpc) is 3.62. The second-order valence-electron chi connectivity index (χ2n) is 11.7. The molecule has 7 nitrogen and oxygen atoms in total. The van der Waals surface area contributed by atoms with E-state index in [-0.39, 0.29) is 12.0 Å². The van der Waals surface area contributed by atoms with Crippen LogP contribution in [0.3, 0.4) is 0 Å². The number of hydrogen-bond acceptors (Lipinski definition) is 7. The molecular weight excluding hydrogens is 490 g/mol.